The average Bonchev–Trinajstić information content (AvgIpc) is 2.20. The van der Waals surface area contributed by atoms with Crippen LogP contribution in [0.1, 0.15) is 46.5 Å². The molecule has 0 aromatic rings. The van der Waals surface area contributed by atoms with Crippen molar-refractivity contribution in [3.63, 3.8) is 0 Å². The van der Waals surface area contributed by atoms with Crippen LogP contribution in [-0.2, 0) is 4.74 Å². The number of alkyl carbamates (subject to hydrolysis) is 1. The van der Waals surface area contributed by atoms with Crippen molar-refractivity contribution in [2.75, 3.05) is 7.11 Å². The van der Waals surface area contributed by atoms with Gasteiger partial charge in [-0.3, -0.25) is 0 Å². The summed E-state index contributed by atoms with van der Waals surface area (Å²) in [7, 11) is 1.40. The van der Waals surface area contributed by atoms with Crippen molar-refractivity contribution in [3.8, 4) is 0 Å². The van der Waals surface area contributed by atoms with Crippen LogP contribution in [0.2, 0.25) is 0 Å². The lowest BCUT2D eigenvalue weighted by Crippen LogP contribution is -2.59. The minimum Gasteiger partial charge on any atom is -0.453 e. The number of hydrogen-bond acceptors (Lipinski definition) is 3. The molecule has 0 aliphatic heterocycles. The molecule has 1 rings (SSSR count). The van der Waals surface area contributed by atoms with Crippen molar-refractivity contribution < 1.29 is 9.53 Å². The van der Waals surface area contributed by atoms with E-state index < -0.39 is 0 Å². The number of methoxy groups -OCH3 is 1. The van der Waals surface area contributed by atoms with E-state index in [9.17, 15) is 4.79 Å². The molecule has 0 radical (unpaired) electrons. The Labute approximate surface area is 97.9 Å². The van der Waals surface area contributed by atoms with E-state index in [0.717, 1.165) is 25.7 Å². The number of amides is 1. The first-order valence-corrected chi connectivity index (χ1v) is 5.92. The highest BCUT2D eigenvalue weighted by Gasteiger charge is 2.45. The molecule has 94 valence electrons. The first kappa shape index (κ1) is 13.3. The maximum absolute atomic E-state index is 11.4. The third-order valence-corrected chi connectivity index (χ3v) is 3.85. The van der Waals surface area contributed by atoms with E-state index in [1.165, 1.54) is 7.11 Å². The molecule has 0 atom stereocenters. The minimum absolute atomic E-state index is 0.0152. The maximum atomic E-state index is 11.4. The molecule has 0 unspecified atom stereocenters. The lowest BCUT2D eigenvalue weighted by Gasteiger charge is -2.48. The monoisotopic (exact) mass is 228 g/mol. The molecule has 0 spiro atoms. The fourth-order valence-corrected chi connectivity index (χ4v) is 2.44. The highest BCUT2D eigenvalue weighted by Crippen LogP contribution is 2.41. The van der Waals surface area contributed by atoms with Gasteiger partial charge in [-0.15, -0.1) is 0 Å². The van der Waals surface area contributed by atoms with Crippen LogP contribution in [-0.4, -0.2) is 24.8 Å². The summed E-state index contributed by atoms with van der Waals surface area (Å²) in [5.74, 6) is 0. The van der Waals surface area contributed by atoms with Crippen LogP contribution in [0.5, 0.6) is 0 Å². The van der Waals surface area contributed by atoms with Crippen molar-refractivity contribution >= 4 is 6.09 Å². The first-order chi connectivity index (χ1) is 7.31. The predicted octanol–water partition coefficient (Wildman–Crippen LogP) is 2.03. The van der Waals surface area contributed by atoms with Crippen molar-refractivity contribution in [1.29, 1.82) is 0 Å². The summed E-state index contributed by atoms with van der Waals surface area (Å²) in [6.07, 6.45) is 3.42. The van der Waals surface area contributed by atoms with Gasteiger partial charge in [-0.1, -0.05) is 20.8 Å². The maximum Gasteiger partial charge on any atom is 0.407 e. The zero-order chi connectivity index (χ0) is 12.4. The van der Waals surface area contributed by atoms with Gasteiger partial charge in [0.25, 0.3) is 0 Å². The Bertz CT molecular complexity index is 250. The van der Waals surface area contributed by atoms with Gasteiger partial charge in [-0.2, -0.15) is 0 Å². The number of hydrogen-bond donors (Lipinski definition) is 2. The molecular weight excluding hydrogens is 204 g/mol. The molecule has 0 aromatic heterocycles. The predicted molar refractivity (Wildman–Crippen MR) is 64.2 cm³/mol. The number of carbonyl (C=O) groups excluding carboxylic acids is 1. The summed E-state index contributed by atoms with van der Waals surface area (Å²) in [5, 5.41) is 3.03. The Morgan fingerprint density at radius 2 is 1.88 bits per heavy atom. The largest absolute Gasteiger partial charge is 0.453 e. The Hall–Kier alpha value is -0.770. The van der Waals surface area contributed by atoms with Crippen molar-refractivity contribution in [2.45, 2.75) is 58.0 Å². The molecule has 1 aliphatic rings. The number of ether oxygens (including phenoxy) is 1. The topological polar surface area (TPSA) is 64.3 Å². The lowest BCUT2D eigenvalue weighted by molar-refractivity contribution is 0.0726. The second-order valence-corrected chi connectivity index (χ2v) is 5.79. The summed E-state index contributed by atoms with van der Waals surface area (Å²) in [6, 6.07) is 0.273. The smallest absolute Gasteiger partial charge is 0.407 e. The summed E-state index contributed by atoms with van der Waals surface area (Å²) in [6.45, 7) is 6.46. The average molecular weight is 228 g/mol. The summed E-state index contributed by atoms with van der Waals surface area (Å²) in [4.78, 5) is 11.4. The molecule has 0 saturated heterocycles. The van der Waals surface area contributed by atoms with Crippen LogP contribution in [0.3, 0.4) is 0 Å². The van der Waals surface area contributed by atoms with Crippen LogP contribution in [0.25, 0.3) is 0 Å². The molecule has 4 heteroatoms. The molecule has 1 amide bonds. The molecular formula is C12H24N2O2. The molecule has 0 heterocycles. The van der Waals surface area contributed by atoms with E-state index in [4.69, 9.17) is 10.5 Å². The Balaban J connectivity index is 2.82. The molecule has 4 nitrogen and oxygen atoms in total. The van der Waals surface area contributed by atoms with Gasteiger partial charge in [-0.05, 0) is 31.1 Å². The van der Waals surface area contributed by atoms with Gasteiger partial charge in [0.05, 0.1) is 7.11 Å². The number of rotatable bonds is 1. The Kier molecular flexibility index (Phi) is 3.84. The molecule has 0 aromatic carbocycles. The second kappa shape index (κ2) is 4.62. The van der Waals surface area contributed by atoms with Crippen molar-refractivity contribution in [3.05, 3.63) is 0 Å². The van der Waals surface area contributed by atoms with E-state index in [0.29, 0.717) is 0 Å². The highest BCUT2D eigenvalue weighted by molar-refractivity contribution is 5.68. The van der Waals surface area contributed by atoms with Crippen molar-refractivity contribution in [2.24, 2.45) is 11.1 Å². The zero-order valence-electron chi connectivity index (χ0n) is 10.8. The SMILES string of the molecule is COC(=O)NC1(C(C)(C)C)CCC(N)CC1. The third kappa shape index (κ3) is 2.67. The molecule has 1 fully saturated rings. The van der Waals surface area contributed by atoms with Crippen LogP contribution < -0.4 is 11.1 Å². The van der Waals surface area contributed by atoms with Gasteiger partial charge in [0.1, 0.15) is 0 Å². The standard InChI is InChI=1S/C12H24N2O2/c1-11(2,3)12(14-10(15)16-4)7-5-9(13)6-8-12/h9H,5-8,13H2,1-4H3,(H,14,15). The van der Waals surface area contributed by atoms with E-state index in [-0.39, 0.29) is 23.1 Å². The zero-order valence-corrected chi connectivity index (χ0v) is 10.8. The van der Waals surface area contributed by atoms with Gasteiger partial charge in [-0.25, -0.2) is 4.79 Å². The van der Waals surface area contributed by atoms with E-state index in [2.05, 4.69) is 26.1 Å². The van der Waals surface area contributed by atoms with E-state index in [1.54, 1.807) is 0 Å². The van der Waals surface area contributed by atoms with Crippen LogP contribution in [0.15, 0.2) is 0 Å². The van der Waals surface area contributed by atoms with Crippen LogP contribution in [0.4, 0.5) is 4.79 Å². The number of carbonyl (C=O) groups is 1. The number of nitrogens with one attached hydrogen (secondary N) is 1. The molecule has 0 bridgehead atoms. The van der Waals surface area contributed by atoms with Crippen molar-refractivity contribution in [1.82, 2.24) is 5.32 Å². The van der Waals surface area contributed by atoms with E-state index in [1.807, 2.05) is 0 Å². The van der Waals surface area contributed by atoms with Crippen LogP contribution >= 0.6 is 0 Å². The lowest BCUT2D eigenvalue weighted by atomic mass is 9.65. The second-order valence-electron chi connectivity index (χ2n) is 5.79. The Morgan fingerprint density at radius 3 is 2.25 bits per heavy atom. The van der Waals surface area contributed by atoms with Crippen LogP contribution in [0, 0.1) is 5.41 Å². The van der Waals surface area contributed by atoms with Gasteiger partial charge < -0.3 is 15.8 Å². The van der Waals surface area contributed by atoms with Gasteiger partial charge in [0.15, 0.2) is 0 Å². The van der Waals surface area contributed by atoms with E-state index >= 15 is 0 Å². The minimum atomic E-state index is -0.342. The third-order valence-electron chi connectivity index (χ3n) is 3.85. The molecule has 16 heavy (non-hydrogen) atoms. The van der Waals surface area contributed by atoms with Gasteiger partial charge in [0, 0.05) is 11.6 Å². The summed E-state index contributed by atoms with van der Waals surface area (Å²) < 4.78 is 4.72. The van der Waals surface area contributed by atoms with Gasteiger partial charge >= 0.3 is 6.09 Å². The normalized spacial score (nSPS) is 30.9. The molecule has 1 saturated carbocycles. The first-order valence-electron chi connectivity index (χ1n) is 5.92. The fraction of sp³-hybridized carbons (Fsp3) is 0.917. The Morgan fingerprint density at radius 1 is 1.38 bits per heavy atom. The van der Waals surface area contributed by atoms with Gasteiger partial charge in [0.2, 0.25) is 0 Å². The fourth-order valence-electron chi connectivity index (χ4n) is 2.44. The highest BCUT2D eigenvalue weighted by atomic mass is 16.5. The number of nitrogens with two attached hydrogens (primary N) is 1. The summed E-state index contributed by atoms with van der Waals surface area (Å²) >= 11 is 0. The molecule has 3 N–H and O–H groups in total. The quantitative estimate of drug-likeness (QED) is 0.721. The molecule has 1 aliphatic carbocycles. The summed E-state index contributed by atoms with van der Waals surface area (Å²) in [5.41, 5.74) is 5.75.